The third kappa shape index (κ3) is 2.04. The van der Waals surface area contributed by atoms with Gasteiger partial charge in [0.05, 0.1) is 16.6 Å². The largest absolute Gasteiger partial charge is 0.308 e. The van der Waals surface area contributed by atoms with E-state index in [4.69, 9.17) is 0 Å². The van der Waals surface area contributed by atoms with Crippen molar-refractivity contribution in [1.29, 1.82) is 0 Å². The monoisotopic (exact) mass is 397 g/mol. The van der Waals surface area contributed by atoms with E-state index in [1.807, 2.05) is 0 Å². The molecule has 0 spiro atoms. The van der Waals surface area contributed by atoms with Gasteiger partial charge in [0, 0.05) is 39.2 Å². The number of rotatable bonds is 1. The van der Waals surface area contributed by atoms with Crippen LogP contribution in [0.3, 0.4) is 0 Å². The van der Waals surface area contributed by atoms with Gasteiger partial charge in [0.15, 0.2) is 6.20 Å². The van der Waals surface area contributed by atoms with E-state index >= 15 is 0 Å². The zero-order chi connectivity index (χ0) is 20.7. The highest BCUT2D eigenvalue weighted by atomic mass is 14.9. The second-order valence-electron chi connectivity index (χ2n) is 8.55. The first kappa shape index (κ1) is 16.8. The summed E-state index contributed by atoms with van der Waals surface area (Å²) in [7, 11) is 2.12. The van der Waals surface area contributed by atoms with E-state index in [1.165, 1.54) is 65.7 Å². The van der Waals surface area contributed by atoms with Crippen LogP contribution in [0.1, 0.15) is 5.56 Å². The molecule has 0 atom stereocenters. The lowest BCUT2D eigenvalue weighted by molar-refractivity contribution is -0.660. The Bertz CT molecular complexity index is 1800. The molecule has 2 nitrogen and oxygen atoms in total. The minimum absolute atomic E-state index is 1.24. The van der Waals surface area contributed by atoms with Gasteiger partial charge in [0.25, 0.3) is 0 Å². The standard InChI is InChI=1S/C29H21N2/c1-18-19(25-11-7-8-16-30(25)2)14-15-21-23(18)17-24-20-9-3-5-12-26(20)31-27-13-6-4-10-22(27)28(21)29(24)31/h3-17H,1-2H3/q+1. The molecule has 0 bridgehead atoms. The average molecular weight is 398 g/mol. The summed E-state index contributed by atoms with van der Waals surface area (Å²) in [6, 6.07) is 31.0. The second kappa shape index (κ2) is 5.83. The molecule has 31 heavy (non-hydrogen) atoms. The fourth-order valence-corrected chi connectivity index (χ4v) is 5.55. The normalized spacial score (nSPS) is 12.2. The Morgan fingerprint density at radius 1 is 0.645 bits per heavy atom. The number of hydrogen-bond acceptors (Lipinski definition) is 0. The molecule has 7 aromatic rings. The highest BCUT2D eigenvalue weighted by Crippen LogP contribution is 2.44. The van der Waals surface area contributed by atoms with Crippen molar-refractivity contribution in [3.63, 3.8) is 0 Å². The van der Waals surface area contributed by atoms with Crippen molar-refractivity contribution in [2.75, 3.05) is 0 Å². The van der Waals surface area contributed by atoms with Crippen LogP contribution < -0.4 is 4.57 Å². The zero-order valence-electron chi connectivity index (χ0n) is 17.6. The Morgan fingerprint density at radius 2 is 1.35 bits per heavy atom. The summed E-state index contributed by atoms with van der Waals surface area (Å²) in [5, 5.41) is 8.03. The molecular weight excluding hydrogens is 376 g/mol. The Labute approximate surface area is 179 Å². The molecule has 0 amide bonds. The van der Waals surface area contributed by atoms with E-state index in [9.17, 15) is 0 Å². The summed E-state index contributed by atoms with van der Waals surface area (Å²) in [5.74, 6) is 0. The predicted octanol–water partition coefficient (Wildman–Crippen LogP) is 6.79. The SMILES string of the molecule is Cc1c(-c2cccc[n+]2C)ccc2c1cc1c3ccccc3n3c4ccccc4c2c13. The van der Waals surface area contributed by atoms with Crippen molar-refractivity contribution < 1.29 is 4.57 Å². The summed E-state index contributed by atoms with van der Waals surface area (Å²) in [6.07, 6.45) is 2.12. The molecule has 0 fully saturated rings. The Morgan fingerprint density at radius 3 is 2.16 bits per heavy atom. The Kier molecular flexibility index (Phi) is 3.17. The first-order valence-corrected chi connectivity index (χ1v) is 10.8. The van der Waals surface area contributed by atoms with E-state index in [0.29, 0.717) is 0 Å². The van der Waals surface area contributed by atoms with Crippen LogP contribution in [0.2, 0.25) is 0 Å². The molecule has 2 heteroatoms. The number of para-hydroxylation sites is 2. The number of aromatic nitrogens is 2. The van der Waals surface area contributed by atoms with E-state index < -0.39 is 0 Å². The summed E-state index contributed by atoms with van der Waals surface area (Å²) < 4.78 is 4.65. The fraction of sp³-hybridized carbons (Fsp3) is 0.0690. The van der Waals surface area contributed by atoms with Crippen LogP contribution in [-0.4, -0.2) is 4.40 Å². The molecule has 3 aromatic heterocycles. The van der Waals surface area contributed by atoms with Crippen molar-refractivity contribution in [3.05, 3.63) is 96.7 Å². The number of fused-ring (bicyclic) bond motifs is 8. The number of benzene rings is 4. The Hall–Kier alpha value is -3.91. The van der Waals surface area contributed by atoms with Gasteiger partial charge in [-0.25, -0.2) is 4.57 Å². The van der Waals surface area contributed by atoms with Gasteiger partial charge in [-0.3, -0.25) is 0 Å². The van der Waals surface area contributed by atoms with Gasteiger partial charge in [-0.15, -0.1) is 0 Å². The molecule has 7 rings (SSSR count). The van der Waals surface area contributed by atoms with Crippen molar-refractivity contribution in [2.24, 2.45) is 7.05 Å². The maximum absolute atomic E-state index is 2.45. The number of nitrogens with zero attached hydrogens (tertiary/aromatic N) is 2. The number of aryl methyl sites for hydroxylation is 2. The minimum Gasteiger partial charge on any atom is -0.308 e. The molecule has 3 heterocycles. The van der Waals surface area contributed by atoms with Crippen LogP contribution in [0.15, 0.2) is 91.1 Å². The lowest BCUT2D eigenvalue weighted by Gasteiger charge is -2.10. The molecular formula is C29H21N2+. The smallest absolute Gasteiger partial charge is 0.212 e. The molecule has 0 aliphatic carbocycles. The van der Waals surface area contributed by atoms with Gasteiger partial charge >= 0.3 is 0 Å². The van der Waals surface area contributed by atoms with Gasteiger partial charge in [0.2, 0.25) is 5.69 Å². The van der Waals surface area contributed by atoms with E-state index in [-0.39, 0.29) is 0 Å². The van der Waals surface area contributed by atoms with Crippen molar-refractivity contribution in [1.82, 2.24) is 4.40 Å². The van der Waals surface area contributed by atoms with Crippen molar-refractivity contribution >= 4 is 48.9 Å². The molecule has 146 valence electrons. The van der Waals surface area contributed by atoms with E-state index in [0.717, 1.165) is 0 Å². The highest BCUT2D eigenvalue weighted by Gasteiger charge is 2.21. The molecule has 0 unspecified atom stereocenters. The molecule has 0 saturated carbocycles. The van der Waals surface area contributed by atoms with Crippen molar-refractivity contribution in [3.8, 4) is 11.3 Å². The number of hydrogen-bond donors (Lipinski definition) is 0. The van der Waals surface area contributed by atoms with Crippen LogP contribution in [0.4, 0.5) is 0 Å². The van der Waals surface area contributed by atoms with Gasteiger partial charge in [-0.1, -0.05) is 42.5 Å². The predicted molar refractivity (Wildman–Crippen MR) is 130 cm³/mol. The third-order valence-corrected chi connectivity index (χ3v) is 6.97. The summed E-state index contributed by atoms with van der Waals surface area (Å²) >= 11 is 0. The highest BCUT2D eigenvalue weighted by molar-refractivity contribution is 6.31. The molecule has 0 aliphatic heterocycles. The maximum atomic E-state index is 2.45. The maximum Gasteiger partial charge on any atom is 0.212 e. The molecule has 0 radical (unpaired) electrons. The van der Waals surface area contributed by atoms with Crippen LogP contribution >= 0.6 is 0 Å². The third-order valence-electron chi connectivity index (χ3n) is 6.97. The molecule has 0 aliphatic rings. The van der Waals surface area contributed by atoms with Crippen LogP contribution in [-0.2, 0) is 7.05 Å². The Balaban J connectivity index is 1.75. The van der Waals surface area contributed by atoms with Gasteiger partial charge in [-0.2, -0.15) is 0 Å². The average Bonchev–Trinajstić information content (AvgIpc) is 3.32. The first-order chi connectivity index (χ1) is 15.2. The summed E-state index contributed by atoms with van der Waals surface area (Å²) in [6.45, 7) is 2.27. The fourth-order valence-electron chi connectivity index (χ4n) is 5.55. The molecule has 4 aromatic carbocycles. The first-order valence-electron chi connectivity index (χ1n) is 10.8. The van der Waals surface area contributed by atoms with Crippen molar-refractivity contribution in [2.45, 2.75) is 6.92 Å². The van der Waals surface area contributed by atoms with Gasteiger partial charge in [0.1, 0.15) is 7.05 Å². The topological polar surface area (TPSA) is 8.29 Å². The van der Waals surface area contributed by atoms with Crippen LogP contribution in [0, 0.1) is 6.92 Å². The lowest BCUT2D eigenvalue weighted by Crippen LogP contribution is -2.30. The zero-order valence-corrected chi connectivity index (χ0v) is 17.6. The quantitative estimate of drug-likeness (QED) is 0.270. The lowest BCUT2D eigenvalue weighted by atomic mass is 9.93. The second-order valence-corrected chi connectivity index (χ2v) is 8.55. The minimum atomic E-state index is 1.24. The summed E-state index contributed by atoms with van der Waals surface area (Å²) in [4.78, 5) is 0. The van der Waals surface area contributed by atoms with Gasteiger partial charge in [-0.05, 0) is 53.6 Å². The van der Waals surface area contributed by atoms with Crippen LogP contribution in [0.5, 0.6) is 0 Å². The van der Waals surface area contributed by atoms with E-state index in [1.54, 1.807) is 0 Å². The van der Waals surface area contributed by atoms with E-state index in [2.05, 4.69) is 114 Å². The molecule has 0 saturated heterocycles. The van der Waals surface area contributed by atoms with Crippen LogP contribution in [0.25, 0.3) is 60.1 Å². The summed E-state index contributed by atoms with van der Waals surface area (Å²) in [5.41, 5.74) is 7.77. The van der Waals surface area contributed by atoms with Gasteiger partial charge < -0.3 is 4.40 Å². The number of pyridine rings is 1. The molecule has 0 N–H and O–H groups in total.